The Kier molecular flexibility index (Phi) is 4.99. The predicted molar refractivity (Wildman–Crippen MR) is 66.1 cm³/mol. The molecule has 0 radical (unpaired) electrons. The molecule has 1 aromatic carbocycles. The number of nitrogens with one attached hydrogen (secondary N) is 1. The summed E-state index contributed by atoms with van der Waals surface area (Å²) in [5, 5.41) is 10.8. The lowest BCUT2D eigenvalue weighted by Gasteiger charge is -2.13. The molecule has 104 valence electrons. The Bertz CT molecular complexity index is 460. The average Bonchev–Trinajstić information content (AvgIpc) is 2.42. The standard InChI is InChI=1S/C12H15NO6/c1-17-8-4-7(12(16)13-6-10(14)15)5-9(18-2)11(8)19-3/h4-5H,6H2,1-3H3,(H,13,16)(H,14,15). The quantitative estimate of drug-likeness (QED) is 0.782. The molecule has 1 aromatic rings. The molecular weight excluding hydrogens is 254 g/mol. The number of hydrogen-bond acceptors (Lipinski definition) is 5. The molecule has 0 saturated carbocycles. The first-order valence-corrected chi connectivity index (χ1v) is 5.33. The summed E-state index contributed by atoms with van der Waals surface area (Å²) in [6.45, 7) is -0.463. The Morgan fingerprint density at radius 1 is 1.11 bits per heavy atom. The van der Waals surface area contributed by atoms with Gasteiger partial charge in [-0.15, -0.1) is 0 Å². The molecule has 7 heteroatoms. The second-order valence-electron chi connectivity index (χ2n) is 3.49. The fraction of sp³-hybridized carbons (Fsp3) is 0.333. The SMILES string of the molecule is COc1cc(C(=O)NCC(=O)O)cc(OC)c1OC. The van der Waals surface area contributed by atoms with Crippen LogP contribution in [0.2, 0.25) is 0 Å². The summed E-state index contributed by atoms with van der Waals surface area (Å²) in [6.07, 6.45) is 0. The van der Waals surface area contributed by atoms with Gasteiger partial charge in [0.2, 0.25) is 5.75 Å². The van der Waals surface area contributed by atoms with Gasteiger partial charge in [0.25, 0.3) is 5.91 Å². The van der Waals surface area contributed by atoms with Gasteiger partial charge in [0, 0.05) is 5.56 Å². The molecule has 2 N–H and O–H groups in total. The second kappa shape index (κ2) is 6.48. The van der Waals surface area contributed by atoms with E-state index in [1.807, 2.05) is 0 Å². The normalized spacial score (nSPS) is 9.63. The van der Waals surface area contributed by atoms with Crippen LogP contribution in [0.3, 0.4) is 0 Å². The smallest absolute Gasteiger partial charge is 0.322 e. The molecule has 0 saturated heterocycles. The number of aliphatic carboxylic acids is 1. The van der Waals surface area contributed by atoms with Crippen LogP contribution in [0.5, 0.6) is 17.2 Å². The first-order valence-electron chi connectivity index (χ1n) is 5.33. The number of rotatable bonds is 6. The molecule has 0 atom stereocenters. The number of carbonyl (C=O) groups is 2. The van der Waals surface area contributed by atoms with Crippen molar-refractivity contribution >= 4 is 11.9 Å². The molecule has 0 unspecified atom stereocenters. The molecule has 0 aliphatic rings. The summed E-state index contributed by atoms with van der Waals surface area (Å²) in [4.78, 5) is 22.2. The van der Waals surface area contributed by atoms with Crippen molar-refractivity contribution in [3.05, 3.63) is 17.7 Å². The highest BCUT2D eigenvalue weighted by atomic mass is 16.5. The van der Waals surface area contributed by atoms with E-state index in [9.17, 15) is 9.59 Å². The minimum atomic E-state index is -1.12. The molecule has 1 amide bonds. The van der Waals surface area contributed by atoms with E-state index in [0.717, 1.165) is 0 Å². The van der Waals surface area contributed by atoms with Crippen LogP contribution < -0.4 is 19.5 Å². The summed E-state index contributed by atoms with van der Waals surface area (Å²) in [5.41, 5.74) is 0.218. The van der Waals surface area contributed by atoms with Gasteiger partial charge < -0.3 is 24.6 Å². The summed E-state index contributed by atoms with van der Waals surface area (Å²) < 4.78 is 15.3. The van der Waals surface area contributed by atoms with Crippen LogP contribution in [0, 0.1) is 0 Å². The van der Waals surface area contributed by atoms with Crippen molar-refractivity contribution in [2.45, 2.75) is 0 Å². The first-order chi connectivity index (χ1) is 9.03. The largest absolute Gasteiger partial charge is 0.493 e. The van der Waals surface area contributed by atoms with E-state index in [1.54, 1.807) is 0 Å². The molecule has 0 aromatic heterocycles. The van der Waals surface area contributed by atoms with Gasteiger partial charge in [0.15, 0.2) is 11.5 Å². The van der Waals surface area contributed by atoms with Crippen molar-refractivity contribution in [1.82, 2.24) is 5.32 Å². The zero-order valence-electron chi connectivity index (χ0n) is 10.9. The number of hydrogen-bond donors (Lipinski definition) is 2. The van der Waals surface area contributed by atoms with E-state index in [1.165, 1.54) is 33.5 Å². The third-order valence-electron chi connectivity index (χ3n) is 2.33. The average molecular weight is 269 g/mol. The monoisotopic (exact) mass is 269 g/mol. The van der Waals surface area contributed by atoms with Crippen LogP contribution in [-0.2, 0) is 4.79 Å². The van der Waals surface area contributed by atoms with E-state index < -0.39 is 18.4 Å². The molecule has 7 nitrogen and oxygen atoms in total. The third kappa shape index (κ3) is 3.51. The van der Waals surface area contributed by atoms with Crippen LogP contribution in [0.15, 0.2) is 12.1 Å². The van der Waals surface area contributed by atoms with E-state index in [-0.39, 0.29) is 5.56 Å². The molecule has 0 fully saturated rings. The first kappa shape index (κ1) is 14.6. The van der Waals surface area contributed by atoms with Crippen molar-refractivity contribution in [1.29, 1.82) is 0 Å². The van der Waals surface area contributed by atoms with Crippen molar-refractivity contribution in [2.24, 2.45) is 0 Å². The number of methoxy groups -OCH3 is 3. The minimum absolute atomic E-state index is 0.218. The molecule has 0 aliphatic carbocycles. The molecular formula is C12H15NO6. The van der Waals surface area contributed by atoms with Gasteiger partial charge in [-0.3, -0.25) is 9.59 Å². The number of ether oxygens (including phenoxy) is 3. The Morgan fingerprint density at radius 3 is 2.00 bits per heavy atom. The lowest BCUT2D eigenvalue weighted by Crippen LogP contribution is -2.29. The third-order valence-corrected chi connectivity index (χ3v) is 2.33. The number of benzene rings is 1. The van der Waals surface area contributed by atoms with Crippen molar-refractivity contribution < 1.29 is 28.9 Å². The van der Waals surface area contributed by atoms with Crippen LogP contribution in [0.25, 0.3) is 0 Å². The molecule has 0 spiro atoms. The Morgan fingerprint density at radius 2 is 1.63 bits per heavy atom. The van der Waals surface area contributed by atoms with Crippen LogP contribution in [-0.4, -0.2) is 44.9 Å². The van der Waals surface area contributed by atoms with Crippen molar-refractivity contribution in [3.63, 3.8) is 0 Å². The highest BCUT2D eigenvalue weighted by Crippen LogP contribution is 2.38. The Labute approximate surface area is 110 Å². The van der Waals surface area contributed by atoms with E-state index in [0.29, 0.717) is 17.2 Å². The fourth-order valence-corrected chi connectivity index (χ4v) is 1.47. The van der Waals surface area contributed by atoms with Crippen LogP contribution in [0.1, 0.15) is 10.4 Å². The number of carbonyl (C=O) groups excluding carboxylic acids is 1. The van der Waals surface area contributed by atoms with Gasteiger partial charge in [-0.05, 0) is 12.1 Å². The summed E-state index contributed by atoms with van der Waals surface area (Å²) >= 11 is 0. The van der Waals surface area contributed by atoms with Gasteiger partial charge in [-0.2, -0.15) is 0 Å². The predicted octanol–water partition coefficient (Wildman–Crippen LogP) is 0.527. The minimum Gasteiger partial charge on any atom is -0.493 e. The zero-order valence-corrected chi connectivity index (χ0v) is 10.9. The maximum atomic E-state index is 11.8. The van der Waals surface area contributed by atoms with Crippen LogP contribution in [0.4, 0.5) is 0 Å². The van der Waals surface area contributed by atoms with Gasteiger partial charge in [-0.1, -0.05) is 0 Å². The fourth-order valence-electron chi connectivity index (χ4n) is 1.47. The summed E-state index contributed by atoms with van der Waals surface area (Å²) in [7, 11) is 4.30. The molecule has 0 bridgehead atoms. The maximum Gasteiger partial charge on any atom is 0.322 e. The highest BCUT2D eigenvalue weighted by Gasteiger charge is 2.17. The van der Waals surface area contributed by atoms with E-state index in [2.05, 4.69) is 5.32 Å². The summed E-state index contributed by atoms with van der Waals surface area (Å²) in [6, 6.07) is 2.89. The van der Waals surface area contributed by atoms with Gasteiger partial charge >= 0.3 is 5.97 Å². The Hall–Kier alpha value is -2.44. The Balaban J connectivity index is 3.08. The highest BCUT2D eigenvalue weighted by molar-refractivity contribution is 5.97. The summed E-state index contributed by atoms with van der Waals surface area (Å²) in [5.74, 6) is -0.660. The van der Waals surface area contributed by atoms with E-state index in [4.69, 9.17) is 19.3 Å². The number of amides is 1. The second-order valence-corrected chi connectivity index (χ2v) is 3.49. The molecule has 19 heavy (non-hydrogen) atoms. The van der Waals surface area contributed by atoms with Crippen LogP contribution >= 0.6 is 0 Å². The maximum absolute atomic E-state index is 11.8. The lowest BCUT2D eigenvalue weighted by molar-refractivity contribution is -0.135. The van der Waals surface area contributed by atoms with Crippen molar-refractivity contribution in [3.8, 4) is 17.2 Å². The van der Waals surface area contributed by atoms with Crippen molar-refractivity contribution in [2.75, 3.05) is 27.9 Å². The number of carboxylic acids is 1. The zero-order chi connectivity index (χ0) is 14.4. The number of carboxylic acid groups (broad SMARTS) is 1. The topological polar surface area (TPSA) is 94.1 Å². The van der Waals surface area contributed by atoms with Gasteiger partial charge in [0.1, 0.15) is 6.54 Å². The molecule has 0 aliphatic heterocycles. The van der Waals surface area contributed by atoms with Gasteiger partial charge in [-0.25, -0.2) is 0 Å². The van der Waals surface area contributed by atoms with Gasteiger partial charge in [0.05, 0.1) is 21.3 Å². The van der Waals surface area contributed by atoms with E-state index >= 15 is 0 Å². The molecule has 1 rings (SSSR count). The molecule has 0 heterocycles. The lowest BCUT2D eigenvalue weighted by atomic mass is 10.1.